The van der Waals surface area contributed by atoms with E-state index in [1.165, 1.54) is 11.1 Å². The molecule has 1 aromatic rings. The molecular formula is C21H34N2O2. The fourth-order valence-electron chi connectivity index (χ4n) is 3.51. The average Bonchev–Trinajstić information content (AvgIpc) is 2.51. The van der Waals surface area contributed by atoms with Gasteiger partial charge in [-0.15, -0.1) is 0 Å². The van der Waals surface area contributed by atoms with Crippen molar-refractivity contribution in [3.05, 3.63) is 35.4 Å². The summed E-state index contributed by atoms with van der Waals surface area (Å²) < 4.78 is 0. The van der Waals surface area contributed by atoms with Crippen LogP contribution in [0, 0.1) is 0 Å². The van der Waals surface area contributed by atoms with Crippen LogP contribution >= 0.6 is 0 Å². The first kappa shape index (κ1) is 19.9. The maximum absolute atomic E-state index is 12.6. The zero-order valence-corrected chi connectivity index (χ0v) is 16.5. The predicted octanol–water partition coefficient (Wildman–Crippen LogP) is 2.83. The fraction of sp³-hybridized carbons (Fsp3) is 0.667. The quantitative estimate of drug-likeness (QED) is 0.892. The number of benzene rings is 1. The van der Waals surface area contributed by atoms with E-state index in [2.05, 4.69) is 56.9 Å². The van der Waals surface area contributed by atoms with Crippen LogP contribution < -0.4 is 0 Å². The van der Waals surface area contributed by atoms with Gasteiger partial charge in [0.2, 0.25) is 5.91 Å². The lowest BCUT2D eigenvalue weighted by molar-refractivity contribution is -0.135. The third-order valence-corrected chi connectivity index (χ3v) is 5.00. The number of amides is 1. The van der Waals surface area contributed by atoms with Crippen LogP contribution in [0.4, 0.5) is 0 Å². The van der Waals surface area contributed by atoms with Crippen molar-refractivity contribution in [2.24, 2.45) is 0 Å². The Balaban J connectivity index is 1.84. The molecule has 140 valence electrons. The topological polar surface area (TPSA) is 43.8 Å². The van der Waals surface area contributed by atoms with E-state index in [1.807, 2.05) is 11.8 Å². The third kappa shape index (κ3) is 5.82. The number of carbonyl (C=O) groups is 1. The molecule has 0 aliphatic carbocycles. The van der Waals surface area contributed by atoms with Gasteiger partial charge in [0, 0.05) is 38.6 Å². The summed E-state index contributed by atoms with van der Waals surface area (Å²) in [6, 6.07) is 8.87. The lowest BCUT2D eigenvalue weighted by Gasteiger charge is -2.40. The van der Waals surface area contributed by atoms with Crippen LogP contribution in [0.5, 0.6) is 0 Å². The molecule has 1 aliphatic rings. The molecule has 1 saturated heterocycles. The van der Waals surface area contributed by atoms with Crippen LogP contribution in [0.2, 0.25) is 0 Å². The molecule has 1 heterocycles. The van der Waals surface area contributed by atoms with Gasteiger partial charge in [-0.2, -0.15) is 0 Å². The number of carbonyl (C=O) groups excluding carboxylic acids is 1. The Morgan fingerprint density at radius 2 is 1.88 bits per heavy atom. The minimum atomic E-state index is -0.314. The molecule has 4 heteroatoms. The van der Waals surface area contributed by atoms with Crippen molar-refractivity contribution in [2.45, 2.75) is 65.0 Å². The van der Waals surface area contributed by atoms with Crippen LogP contribution in [0.25, 0.3) is 0 Å². The van der Waals surface area contributed by atoms with Gasteiger partial charge in [-0.05, 0) is 36.8 Å². The van der Waals surface area contributed by atoms with Gasteiger partial charge in [0.15, 0.2) is 0 Å². The van der Waals surface area contributed by atoms with Gasteiger partial charge in [-0.3, -0.25) is 9.69 Å². The molecule has 1 aliphatic heterocycles. The van der Waals surface area contributed by atoms with Crippen LogP contribution in [0.3, 0.4) is 0 Å². The van der Waals surface area contributed by atoms with E-state index >= 15 is 0 Å². The Morgan fingerprint density at radius 1 is 1.24 bits per heavy atom. The monoisotopic (exact) mass is 346 g/mol. The Labute approximate surface area is 152 Å². The summed E-state index contributed by atoms with van der Waals surface area (Å²) in [7, 11) is 0. The molecule has 0 spiro atoms. The molecular weight excluding hydrogens is 312 g/mol. The van der Waals surface area contributed by atoms with E-state index in [0.29, 0.717) is 13.0 Å². The van der Waals surface area contributed by atoms with E-state index in [-0.39, 0.29) is 23.5 Å². The van der Waals surface area contributed by atoms with Gasteiger partial charge in [-0.25, -0.2) is 0 Å². The lowest BCUT2D eigenvalue weighted by atomic mass is 9.86. The number of aliphatic hydroxyl groups excluding tert-OH is 1. The van der Waals surface area contributed by atoms with Crippen molar-refractivity contribution in [3.63, 3.8) is 0 Å². The van der Waals surface area contributed by atoms with Crippen LogP contribution in [-0.4, -0.2) is 59.1 Å². The van der Waals surface area contributed by atoms with Gasteiger partial charge < -0.3 is 10.0 Å². The Hall–Kier alpha value is -1.39. The molecule has 1 aromatic carbocycles. The number of aliphatic hydroxyl groups is 1. The minimum absolute atomic E-state index is 0.162. The van der Waals surface area contributed by atoms with Crippen molar-refractivity contribution in [2.75, 3.05) is 26.2 Å². The van der Waals surface area contributed by atoms with Crippen molar-refractivity contribution in [1.29, 1.82) is 0 Å². The summed E-state index contributed by atoms with van der Waals surface area (Å²) in [5.41, 5.74) is 2.71. The number of β-amino-alcohol motifs (C(OH)–C–C–N with tert-alkyl or cyclic N) is 1. The van der Waals surface area contributed by atoms with E-state index in [0.717, 1.165) is 26.1 Å². The van der Waals surface area contributed by atoms with Crippen molar-refractivity contribution >= 4 is 5.91 Å². The number of piperazine rings is 1. The highest BCUT2D eigenvalue weighted by atomic mass is 16.3. The molecule has 0 bridgehead atoms. The van der Waals surface area contributed by atoms with Gasteiger partial charge in [0.25, 0.3) is 0 Å². The summed E-state index contributed by atoms with van der Waals surface area (Å²) >= 11 is 0. The maximum atomic E-state index is 12.6. The lowest BCUT2D eigenvalue weighted by Crippen LogP contribution is -2.55. The summed E-state index contributed by atoms with van der Waals surface area (Å²) in [5.74, 6) is 0.240. The normalized spacial score (nSPS) is 20.6. The van der Waals surface area contributed by atoms with Crippen molar-refractivity contribution in [1.82, 2.24) is 9.80 Å². The highest BCUT2D eigenvalue weighted by Gasteiger charge is 2.27. The molecule has 0 unspecified atom stereocenters. The Morgan fingerprint density at radius 3 is 2.40 bits per heavy atom. The Bertz CT molecular complexity index is 560. The van der Waals surface area contributed by atoms with E-state index < -0.39 is 0 Å². The first-order chi connectivity index (χ1) is 11.7. The highest BCUT2D eigenvalue weighted by Crippen LogP contribution is 2.22. The second kappa shape index (κ2) is 8.33. The molecule has 2 atom stereocenters. The van der Waals surface area contributed by atoms with Gasteiger partial charge in [0.05, 0.1) is 6.10 Å². The zero-order chi connectivity index (χ0) is 18.6. The van der Waals surface area contributed by atoms with Crippen LogP contribution in [0.15, 0.2) is 24.3 Å². The molecule has 0 saturated carbocycles. The Kier molecular flexibility index (Phi) is 6.64. The van der Waals surface area contributed by atoms with Gasteiger partial charge >= 0.3 is 0 Å². The summed E-state index contributed by atoms with van der Waals surface area (Å²) in [4.78, 5) is 16.8. The molecule has 0 aromatic heterocycles. The standard InChI is InChI=1S/C21H34N2O2/c1-16-14-22(15-17(2)24)12-13-23(16)20(25)11-8-18-6-9-19(10-7-18)21(3,4)5/h6-7,9-10,16-17,24H,8,11-15H2,1-5H3/t16-,17-/m1/s1. The first-order valence-electron chi connectivity index (χ1n) is 9.46. The molecule has 0 radical (unpaired) electrons. The molecule has 4 nitrogen and oxygen atoms in total. The van der Waals surface area contributed by atoms with Crippen molar-refractivity contribution < 1.29 is 9.90 Å². The predicted molar refractivity (Wildman–Crippen MR) is 103 cm³/mol. The van der Waals surface area contributed by atoms with E-state index in [4.69, 9.17) is 0 Å². The van der Waals surface area contributed by atoms with Crippen LogP contribution in [0.1, 0.15) is 52.2 Å². The van der Waals surface area contributed by atoms with E-state index in [1.54, 1.807) is 0 Å². The maximum Gasteiger partial charge on any atom is 0.223 e. The molecule has 25 heavy (non-hydrogen) atoms. The molecule has 1 amide bonds. The van der Waals surface area contributed by atoms with Crippen molar-refractivity contribution in [3.8, 4) is 0 Å². The number of aryl methyl sites for hydroxylation is 1. The molecule has 1 fully saturated rings. The summed E-state index contributed by atoms with van der Waals surface area (Å²) in [6.07, 6.45) is 1.05. The highest BCUT2D eigenvalue weighted by molar-refractivity contribution is 5.77. The average molecular weight is 347 g/mol. The minimum Gasteiger partial charge on any atom is -0.392 e. The SMILES string of the molecule is C[C@@H]1CN(C[C@@H](C)O)CCN1C(=O)CCc1ccc(C(C)(C)C)cc1. The summed E-state index contributed by atoms with van der Waals surface area (Å²) in [6.45, 7) is 13.7. The van der Waals surface area contributed by atoms with Gasteiger partial charge in [0.1, 0.15) is 0 Å². The number of rotatable bonds is 5. The second-order valence-corrected chi connectivity index (χ2v) is 8.49. The number of nitrogens with zero attached hydrogens (tertiary/aromatic N) is 2. The summed E-state index contributed by atoms with van der Waals surface area (Å²) in [5, 5.41) is 9.52. The number of hydrogen-bond acceptors (Lipinski definition) is 3. The molecule has 2 rings (SSSR count). The first-order valence-corrected chi connectivity index (χ1v) is 9.46. The third-order valence-electron chi connectivity index (χ3n) is 5.00. The largest absolute Gasteiger partial charge is 0.392 e. The zero-order valence-electron chi connectivity index (χ0n) is 16.5. The van der Waals surface area contributed by atoms with E-state index in [9.17, 15) is 9.90 Å². The second-order valence-electron chi connectivity index (χ2n) is 8.49. The molecule has 1 N–H and O–H groups in total. The number of hydrogen-bond donors (Lipinski definition) is 1. The van der Waals surface area contributed by atoms with Crippen LogP contribution in [-0.2, 0) is 16.6 Å². The fourth-order valence-corrected chi connectivity index (χ4v) is 3.51. The van der Waals surface area contributed by atoms with Gasteiger partial charge in [-0.1, -0.05) is 45.0 Å². The smallest absolute Gasteiger partial charge is 0.223 e.